The molecule has 7 heteroatoms. The lowest BCUT2D eigenvalue weighted by molar-refractivity contribution is 0.306. The van der Waals surface area contributed by atoms with Crippen LogP contribution in [-0.2, 0) is 6.61 Å². The van der Waals surface area contributed by atoms with Gasteiger partial charge in [0.1, 0.15) is 12.4 Å². The first-order chi connectivity index (χ1) is 13.7. The Kier molecular flexibility index (Phi) is 4.88. The van der Waals surface area contributed by atoms with Crippen molar-refractivity contribution in [3.8, 4) is 28.7 Å². The summed E-state index contributed by atoms with van der Waals surface area (Å²) in [5, 5.41) is 2.70. The molecule has 0 saturated carbocycles. The maximum Gasteiger partial charge on any atom is 0.362 e. The van der Waals surface area contributed by atoms with Gasteiger partial charge in [0.15, 0.2) is 5.82 Å². The molecule has 140 valence electrons. The average molecular weight is 374 g/mol. The molecule has 2 aromatic heterocycles. The molecule has 0 bridgehead atoms. The van der Waals surface area contributed by atoms with Crippen molar-refractivity contribution in [1.82, 2.24) is 19.7 Å². The molecule has 0 atom stereocenters. The topological polar surface area (TPSA) is 82.0 Å². The fourth-order valence-corrected chi connectivity index (χ4v) is 2.77. The van der Waals surface area contributed by atoms with Crippen LogP contribution in [0.5, 0.6) is 11.6 Å². The molecule has 28 heavy (non-hydrogen) atoms. The van der Waals surface area contributed by atoms with E-state index < -0.39 is 5.69 Å². The number of nitrogens with zero attached hydrogens (tertiary/aromatic N) is 3. The predicted molar refractivity (Wildman–Crippen MR) is 105 cm³/mol. The number of methoxy groups -OCH3 is 1. The minimum absolute atomic E-state index is 0.435. The molecule has 4 rings (SSSR count). The van der Waals surface area contributed by atoms with Crippen LogP contribution in [0.2, 0.25) is 0 Å². The van der Waals surface area contributed by atoms with Gasteiger partial charge in [0.2, 0.25) is 5.88 Å². The quantitative estimate of drug-likeness (QED) is 0.560. The lowest BCUT2D eigenvalue weighted by Crippen LogP contribution is -2.05. The Morgan fingerprint density at radius 1 is 1.00 bits per heavy atom. The molecule has 0 fully saturated rings. The van der Waals surface area contributed by atoms with Gasteiger partial charge in [-0.05, 0) is 35.9 Å². The highest BCUT2D eigenvalue weighted by Crippen LogP contribution is 2.23. The number of hydrogen-bond donors (Lipinski definition) is 1. The van der Waals surface area contributed by atoms with Crippen LogP contribution in [0.4, 0.5) is 0 Å². The lowest BCUT2D eigenvalue weighted by Gasteiger charge is -2.09. The summed E-state index contributed by atoms with van der Waals surface area (Å²) in [6.45, 7) is 0.491. The van der Waals surface area contributed by atoms with Crippen LogP contribution in [0.25, 0.3) is 17.1 Å². The number of nitrogens with one attached hydrogen (secondary N) is 1. The van der Waals surface area contributed by atoms with Gasteiger partial charge >= 0.3 is 5.69 Å². The molecule has 4 aromatic rings. The first-order valence-electron chi connectivity index (χ1n) is 8.69. The van der Waals surface area contributed by atoms with Gasteiger partial charge in [0, 0.05) is 11.6 Å². The zero-order chi connectivity index (χ0) is 19.3. The number of aromatic nitrogens is 4. The molecule has 0 aliphatic rings. The molecule has 7 nitrogen and oxygen atoms in total. The molecule has 0 aliphatic carbocycles. The molecule has 2 heterocycles. The molecule has 0 spiro atoms. The van der Waals surface area contributed by atoms with Crippen molar-refractivity contribution in [2.75, 3.05) is 7.11 Å². The number of aromatic amines is 1. The number of ether oxygens (including phenoxy) is 2. The van der Waals surface area contributed by atoms with Crippen molar-refractivity contribution in [1.29, 1.82) is 0 Å². The number of H-pyrrole nitrogens is 1. The van der Waals surface area contributed by atoms with Gasteiger partial charge < -0.3 is 9.47 Å². The van der Waals surface area contributed by atoms with Gasteiger partial charge in [-0.2, -0.15) is 4.98 Å². The van der Waals surface area contributed by atoms with E-state index in [2.05, 4.69) is 15.1 Å². The van der Waals surface area contributed by atoms with Crippen LogP contribution >= 0.6 is 0 Å². The van der Waals surface area contributed by atoms with Gasteiger partial charge in [-0.1, -0.05) is 30.3 Å². The molecule has 0 saturated heterocycles. The van der Waals surface area contributed by atoms with E-state index in [-0.39, 0.29) is 0 Å². The van der Waals surface area contributed by atoms with E-state index in [0.717, 1.165) is 16.9 Å². The van der Waals surface area contributed by atoms with E-state index in [1.165, 1.54) is 0 Å². The first kappa shape index (κ1) is 17.5. The van der Waals surface area contributed by atoms with Gasteiger partial charge in [-0.3, -0.25) is 0 Å². The third kappa shape index (κ3) is 3.78. The Balaban J connectivity index is 1.56. The molecule has 0 radical (unpaired) electrons. The number of benzene rings is 2. The maximum absolute atomic E-state index is 11.8. The molecule has 1 N–H and O–H groups in total. The monoisotopic (exact) mass is 374 g/mol. The highest BCUT2D eigenvalue weighted by molar-refractivity contribution is 5.58. The standard InChI is InChI=1S/C21H18N4O3/c1-27-19-12-9-17(13-22-19)25-20(23-21(26)24-25)16-7-10-18(11-8-16)28-14-15-5-3-2-4-6-15/h2-13H,14H2,1H3,(H,24,26). The Morgan fingerprint density at radius 3 is 2.46 bits per heavy atom. The van der Waals surface area contributed by atoms with Gasteiger partial charge in [-0.25, -0.2) is 19.6 Å². The molecule has 0 aliphatic heterocycles. The average Bonchev–Trinajstić information content (AvgIpc) is 3.15. The summed E-state index contributed by atoms with van der Waals surface area (Å²) in [4.78, 5) is 20.1. The van der Waals surface area contributed by atoms with Gasteiger partial charge in [0.25, 0.3) is 0 Å². The Bertz CT molecular complexity index is 1100. The van der Waals surface area contributed by atoms with E-state index in [9.17, 15) is 4.79 Å². The summed E-state index contributed by atoms with van der Waals surface area (Å²) in [6, 6.07) is 20.9. The summed E-state index contributed by atoms with van der Waals surface area (Å²) in [5.74, 6) is 1.72. The van der Waals surface area contributed by atoms with Crippen LogP contribution in [0, 0.1) is 0 Å². The van der Waals surface area contributed by atoms with Crippen molar-refractivity contribution < 1.29 is 9.47 Å². The van der Waals surface area contributed by atoms with Crippen molar-refractivity contribution in [3.05, 3.63) is 89.0 Å². The smallest absolute Gasteiger partial charge is 0.362 e. The highest BCUT2D eigenvalue weighted by Gasteiger charge is 2.11. The Labute approximate surface area is 161 Å². The minimum atomic E-state index is -0.435. The van der Waals surface area contributed by atoms with Crippen LogP contribution in [-0.4, -0.2) is 26.9 Å². The van der Waals surface area contributed by atoms with Crippen molar-refractivity contribution in [3.63, 3.8) is 0 Å². The van der Waals surface area contributed by atoms with E-state index >= 15 is 0 Å². The second-order valence-corrected chi connectivity index (χ2v) is 6.05. The van der Waals surface area contributed by atoms with Gasteiger partial charge in [-0.15, -0.1) is 0 Å². The van der Waals surface area contributed by atoms with Crippen molar-refractivity contribution in [2.45, 2.75) is 6.61 Å². The zero-order valence-corrected chi connectivity index (χ0v) is 15.2. The SMILES string of the molecule is COc1ccc(-n2[nH]c(=O)nc2-c2ccc(OCc3ccccc3)cc2)cn1. The van der Waals surface area contributed by atoms with Gasteiger partial charge in [0.05, 0.1) is 19.0 Å². The predicted octanol–water partition coefficient (Wildman–Crippen LogP) is 3.21. The zero-order valence-electron chi connectivity index (χ0n) is 15.2. The third-order valence-electron chi connectivity index (χ3n) is 4.18. The van der Waals surface area contributed by atoms with E-state index in [1.54, 1.807) is 30.1 Å². The maximum atomic E-state index is 11.8. The number of pyridine rings is 1. The fraction of sp³-hybridized carbons (Fsp3) is 0.0952. The third-order valence-corrected chi connectivity index (χ3v) is 4.18. The normalized spacial score (nSPS) is 10.6. The van der Waals surface area contributed by atoms with E-state index in [4.69, 9.17) is 9.47 Å². The molecule has 0 amide bonds. The summed E-state index contributed by atoms with van der Waals surface area (Å²) in [5.41, 5.74) is 2.12. The van der Waals surface area contributed by atoms with Crippen molar-refractivity contribution >= 4 is 0 Å². The van der Waals surface area contributed by atoms with Crippen LogP contribution in [0.1, 0.15) is 5.56 Å². The molecule has 0 unspecified atom stereocenters. The summed E-state index contributed by atoms with van der Waals surface area (Å²) in [7, 11) is 1.55. The van der Waals surface area contributed by atoms with Crippen LogP contribution in [0.3, 0.4) is 0 Å². The molecular formula is C21H18N4O3. The number of hydrogen-bond acceptors (Lipinski definition) is 5. The van der Waals surface area contributed by atoms with Crippen LogP contribution < -0.4 is 15.2 Å². The van der Waals surface area contributed by atoms with E-state index in [1.807, 2.05) is 54.6 Å². The summed E-state index contributed by atoms with van der Waals surface area (Å²) < 4.78 is 12.5. The number of rotatable bonds is 6. The summed E-state index contributed by atoms with van der Waals surface area (Å²) in [6.07, 6.45) is 1.61. The largest absolute Gasteiger partial charge is 0.489 e. The Hall–Kier alpha value is -3.87. The lowest BCUT2D eigenvalue weighted by atomic mass is 10.2. The summed E-state index contributed by atoms with van der Waals surface area (Å²) >= 11 is 0. The van der Waals surface area contributed by atoms with E-state index in [0.29, 0.717) is 24.0 Å². The molecular weight excluding hydrogens is 356 g/mol. The minimum Gasteiger partial charge on any atom is -0.489 e. The first-order valence-corrected chi connectivity index (χ1v) is 8.69. The fourth-order valence-electron chi connectivity index (χ4n) is 2.77. The second-order valence-electron chi connectivity index (χ2n) is 6.05. The molecule has 2 aromatic carbocycles. The second kappa shape index (κ2) is 7.79. The van der Waals surface area contributed by atoms with Crippen molar-refractivity contribution in [2.24, 2.45) is 0 Å². The van der Waals surface area contributed by atoms with Crippen LogP contribution in [0.15, 0.2) is 77.7 Å². The Morgan fingerprint density at radius 2 is 1.79 bits per heavy atom. The highest BCUT2D eigenvalue weighted by atomic mass is 16.5.